The molecule has 8 rings (SSSR count). The van der Waals surface area contributed by atoms with Crippen molar-refractivity contribution in [2.75, 3.05) is 26.2 Å². The summed E-state index contributed by atoms with van der Waals surface area (Å²) in [5.74, 6) is -0.455. The molecular formula is C39H36Cl2N2O3. The second-order valence-electron chi connectivity index (χ2n) is 13.5. The highest BCUT2D eigenvalue weighted by Gasteiger charge is 2.40. The third kappa shape index (κ3) is 5.00. The Morgan fingerprint density at radius 3 is 1.52 bits per heavy atom. The molecule has 2 aliphatic carbocycles. The lowest BCUT2D eigenvalue weighted by Gasteiger charge is -2.42. The van der Waals surface area contributed by atoms with E-state index < -0.39 is 5.97 Å². The molecule has 0 bridgehead atoms. The molecule has 46 heavy (non-hydrogen) atoms. The number of benzene rings is 4. The smallest absolute Gasteiger partial charge is 0.309 e. The minimum absolute atomic E-state index is 0.190. The summed E-state index contributed by atoms with van der Waals surface area (Å²) in [5.41, 5.74) is 11.3. The van der Waals surface area contributed by atoms with Gasteiger partial charge in [0.05, 0.1) is 16.0 Å². The summed E-state index contributed by atoms with van der Waals surface area (Å²) in [6.45, 7) is 4.70. The summed E-state index contributed by atoms with van der Waals surface area (Å²) in [4.78, 5) is 27.8. The van der Waals surface area contributed by atoms with Gasteiger partial charge in [-0.3, -0.25) is 19.4 Å². The standard InChI is InChI=1S/C39H36Cl2N2O3/c1-22(44)27-18-42(19-27)35-14-10-23-16-25(8-12-29(23)35)31-4-2-6-33(37(31)40)34-7-3-5-32(38(34)41)26-9-13-30-24(17-26)11-15-36(30)43-20-28(21-43)39(45)46/h2-9,12-13,16-17,27-28,35-36H,10-11,14-15,18-21H2,1H3,(H,45,46)/t35-,36-/m1/s1. The third-order valence-electron chi connectivity index (χ3n) is 10.9. The highest BCUT2D eigenvalue weighted by Crippen LogP contribution is 2.46. The van der Waals surface area contributed by atoms with Crippen LogP contribution in [0, 0.1) is 11.8 Å². The molecule has 2 saturated heterocycles. The van der Waals surface area contributed by atoms with E-state index in [1.54, 1.807) is 6.92 Å². The van der Waals surface area contributed by atoms with Crippen LogP contribution >= 0.6 is 23.2 Å². The third-order valence-corrected chi connectivity index (χ3v) is 11.7. The van der Waals surface area contributed by atoms with Crippen LogP contribution in [0.2, 0.25) is 10.0 Å². The summed E-state index contributed by atoms with van der Waals surface area (Å²) in [6, 6.07) is 26.4. The molecule has 2 aliphatic heterocycles. The van der Waals surface area contributed by atoms with E-state index in [4.69, 9.17) is 23.2 Å². The predicted molar refractivity (Wildman–Crippen MR) is 183 cm³/mol. The molecule has 0 radical (unpaired) electrons. The number of hydrogen-bond acceptors (Lipinski definition) is 4. The number of halogens is 2. The Kier molecular flexibility index (Phi) is 7.57. The number of carbonyl (C=O) groups excluding carboxylic acids is 1. The fraction of sp³-hybridized carbons (Fsp3) is 0.333. The number of carbonyl (C=O) groups is 2. The molecular weight excluding hydrogens is 615 g/mol. The first-order valence-electron chi connectivity index (χ1n) is 16.3. The van der Waals surface area contributed by atoms with E-state index in [1.807, 2.05) is 18.2 Å². The van der Waals surface area contributed by atoms with Gasteiger partial charge in [-0.15, -0.1) is 0 Å². The molecule has 0 saturated carbocycles. The molecule has 7 heteroatoms. The van der Waals surface area contributed by atoms with Gasteiger partial charge in [-0.2, -0.15) is 0 Å². The van der Waals surface area contributed by atoms with E-state index in [1.165, 1.54) is 22.3 Å². The fourth-order valence-electron chi connectivity index (χ4n) is 8.16. The fourth-order valence-corrected chi connectivity index (χ4v) is 8.83. The van der Waals surface area contributed by atoms with Crippen LogP contribution in [0.4, 0.5) is 0 Å². The zero-order chi connectivity index (χ0) is 31.7. The number of aliphatic carboxylic acids is 1. The molecule has 2 atom stereocenters. The van der Waals surface area contributed by atoms with Crippen LogP contribution in [0.25, 0.3) is 33.4 Å². The largest absolute Gasteiger partial charge is 0.481 e. The van der Waals surface area contributed by atoms with E-state index >= 15 is 0 Å². The highest BCUT2D eigenvalue weighted by molar-refractivity contribution is 6.39. The van der Waals surface area contributed by atoms with E-state index in [2.05, 4.69) is 64.4 Å². The van der Waals surface area contributed by atoms with Gasteiger partial charge in [0.2, 0.25) is 0 Å². The van der Waals surface area contributed by atoms with Gasteiger partial charge in [-0.05, 0) is 66.0 Å². The Labute approximate surface area is 279 Å². The molecule has 0 unspecified atom stereocenters. The van der Waals surface area contributed by atoms with Crippen molar-refractivity contribution in [3.63, 3.8) is 0 Å². The summed E-state index contributed by atoms with van der Waals surface area (Å²) in [5, 5.41) is 10.7. The van der Waals surface area contributed by atoms with Gasteiger partial charge in [0.25, 0.3) is 0 Å². The quantitative estimate of drug-likeness (QED) is 0.217. The molecule has 0 aromatic heterocycles. The summed E-state index contributed by atoms with van der Waals surface area (Å²) >= 11 is 14.4. The second kappa shape index (κ2) is 11.6. The maximum absolute atomic E-state index is 11.8. The van der Waals surface area contributed by atoms with Gasteiger partial charge in [0.15, 0.2) is 0 Å². The van der Waals surface area contributed by atoms with Crippen molar-refractivity contribution in [2.45, 2.75) is 44.7 Å². The number of carboxylic acid groups (broad SMARTS) is 1. The summed E-state index contributed by atoms with van der Waals surface area (Å²) in [6.07, 6.45) is 4.12. The molecule has 2 fully saturated rings. The van der Waals surface area contributed by atoms with Crippen molar-refractivity contribution in [1.29, 1.82) is 0 Å². The lowest BCUT2D eigenvalue weighted by Crippen LogP contribution is -2.51. The molecule has 2 heterocycles. The van der Waals surface area contributed by atoms with Crippen LogP contribution in [-0.4, -0.2) is 52.8 Å². The number of aryl methyl sites for hydroxylation is 2. The molecule has 0 amide bonds. The SMILES string of the molecule is CC(=O)C1CN([C@@H]2CCc3cc(-c4cccc(-c5cccc(-c6ccc7c(c6)CC[C@H]7N6CC(C(=O)O)C6)c5Cl)c4Cl)ccc32)C1. The lowest BCUT2D eigenvalue weighted by molar-refractivity contribution is -0.148. The Bertz CT molecular complexity index is 1760. The number of ketones is 1. The number of rotatable bonds is 7. The second-order valence-corrected chi connectivity index (χ2v) is 14.3. The van der Waals surface area contributed by atoms with Gasteiger partial charge >= 0.3 is 5.97 Å². The number of nitrogens with zero attached hydrogens (tertiary/aromatic N) is 2. The van der Waals surface area contributed by atoms with Gasteiger partial charge in [0.1, 0.15) is 5.78 Å². The van der Waals surface area contributed by atoms with Gasteiger partial charge in [0, 0.05) is 66.4 Å². The number of fused-ring (bicyclic) bond motifs is 2. The molecule has 4 aliphatic rings. The summed E-state index contributed by atoms with van der Waals surface area (Å²) in [7, 11) is 0. The van der Waals surface area contributed by atoms with Crippen LogP contribution < -0.4 is 0 Å². The van der Waals surface area contributed by atoms with Crippen molar-refractivity contribution in [2.24, 2.45) is 11.8 Å². The monoisotopic (exact) mass is 650 g/mol. The van der Waals surface area contributed by atoms with Crippen molar-refractivity contribution < 1.29 is 14.7 Å². The maximum Gasteiger partial charge on any atom is 0.309 e. The highest BCUT2D eigenvalue weighted by atomic mass is 35.5. The first kappa shape index (κ1) is 29.9. The maximum atomic E-state index is 11.8. The average Bonchev–Trinajstić information content (AvgIpc) is 3.60. The topological polar surface area (TPSA) is 60.9 Å². The van der Waals surface area contributed by atoms with Crippen LogP contribution in [0.5, 0.6) is 0 Å². The average molecular weight is 652 g/mol. The molecule has 234 valence electrons. The van der Waals surface area contributed by atoms with E-state index in [0.717, 1.165) is 72.2 Å². The van der Waals surface area contributed by atoms with E-state index in [9.17, 15) is 14.7 Å². The number of Topliss-reactive ketones (excluding diaryl/α,β-unsaturated/α-hetero) is 1. The molecule has 1 N–H and O–H groups in total. The zero-order valence-corrected chi connectivity index (χ0v) is 27.3. The number of carboxylic acids is 1. The molecule has 0 spiro atoms. The van der Waals surface area contributed by atoms with Crippen LogP contribution in [0.3, 0.4) is 0 Å². The van der Waals surface area contributed by atoms with Crippen molar-refractivity contribution >= 4 is 35.0 Å². The van der Waals surface area contributed by atoms with E-state index in [-0.39, 0.29) is 11.8 Å². The minimum atomic E-state index is -0.696. The van der Waals surface area contributed by atoms with Crippen molar-refractivity contribution in [1.82, 2.24) is 9.80 Å². The van der Waals surface area contributed by atoms with Crippen LogP contribution in [-0.2, 0) is 22.4 Å². The summed E-state index contributed by atoms with van der Waals surface area (Å²) < 4.78 is 0. The molecule has 4 aromatic carbocycles. The molecule has 4 aromatic rings. The van der Waals surface area contributed by atoms with Crippen LogP contribution in [0.15, 0.2) is 72.8 Å². The zero-order valence-electron chi connectivity index (χ0n) is 25.8. The first-order valence-corrected chi connectivity index (χ1v) is 17.1. The number of likely N-dealkylation sites (tertiary alicyclic amines) is 2. The van der Waals surface area contributed by atoms with Crippen LogP contribution in [0.1, 0.15) is 54.1 Å². The normalized spacial score (nSPS) is 21.5. The Hall–Kier alpha value is -3.48. The van der Waals surface area contributed by atoms with Crippen molar-refractivity contribution in [3.05, 3.63) is 105 Å². The molecule has 5 nitrogen and oxygen atoms in total. The van der Waals surface area contributed by atoms with Gasteiger partial charge in [-0.25, -0.2) is 0 Å². The Balaban J connectivity index is 1.05. The van der Waals surface area contributed by atoms with Crippen molar-refractivity contribution in [3.8, 4) is 33.4 Å². The predicted octanol–water partition coefficient (Wildman–Crippen LogP) is 8.51. The van der Waals surface area contributed by atoms with Gasteiger partial charge in [-0.1, -0.05) is 96.0 Å². The Morgan fingerprint density at radius 1 is 0.652 bits per heavy atom. The number of hydrogen-bond donors (Lipinski definition) is 1. The Morgan fingerprint density at radius 2 is 1.09 bits per heavy atom. The lowest BCUT2D eigenvalue weighted by atomic mass is 9.91. The minimum Gasteiger partial charge on any atom is -0.481 e. The first-order chi connectivity index (χ1) is 22.3. The van der Waals surface area contributed by atoms with E-state index in [0.29, 0.717) is 41.0 Å². The van der Waals surface area contributed by atoms with Gasteiger partial charge < -0.3 is 5.11 Å².